The largest absolute Gasteiger partial charge is 0.492 e. The Kier molecular flexibility index (Phi) is 5.32. The van der Waals surface area contributed by atoms with E-state index in [0.717, 1.165) is 11.4 Å². The zero-order chi connectivity index (χ0) is 16.9. The number of aromatic nitrogens is 2. The summed E-state index contributed by atoms with van der Waals surface area (Å²) in [6, 6.07) is 8.04. The highest BCUT2D eigenvalue weighted by atomic mass is 16.5. The number of hydrogen-bond donors (Lipinski definition) is 1. The molecule has 1 aromatic carbocycles. The van der Waals surface area contributed by atoms with Crippen molar-refractivity contribution in [2.75, 3.05) is 13.2 Å². The predicted molar refractivity (Wildman–Crippen MR) is 89.7 cm³/mol. The summed E-state index contributed by atoms with van der Waals surface area (Å²) in [5.74, 6) is 0.548. The SMILES string of the molecule is Cc1cnc(C(=O)NCCOc2ccc(C(C)(C)C)cc2)cn1. The number of ether oxygens (including phenoxy) is 1. The molecule has 0 aliphatic heterocycles. The normalized spacial score (nSPS) is 11.1. The number of nitrogens with one attached hydrogen (secondary N) is 1. The van der Waals surface area contributed by atoms with Crippen LogP contribution in [0.1, 0.15) is 42.5 Å². The Morgan fingerprint density at radius 3 is 2.39 bits per heavy atom. The monoisotopic (exact) mass is 313 g/mol. The molecule has 0 radical (unpaired) electrons. The minimum absolute atomic E-state index is 0.127. The molecule has 1 amide bonds. The number of rotatable bonds is 5. The standard InChI is InChI=1S/C18H23N3O2/c1-13-11-21-16(12-20-13)17(22)19-9-10-23-15-7-5-14(6-8-15)18(2,3)4/h5-8,11-12H,9-10H2,1-4H3,(H,19,22). The first kappa shape index (κ1) is 16.9. The van der Waals surface area contributed by atoms with E-state index in [-0.39, 0.29) is 11.3 Å². The van der Waals surface area contributed by atoms with Crippen molar-refractivity contribution in [3.05, 3.63) is 53.6 Å². The average Bonchev–Trinajstić information content (AvgIpc) is 2.51. The quantitative estimate of drug-likeness (QED) is 0.862. The maximum absolute atomic E-state index is 11.9. The van der Waals surface area contributed by atoms with Crippen molar-refractivity contribution >= 4 is 5.91 Å². The maximum atomic E-state index is 11.9. The molecular formula is C18H23N3O2. The first-order valence-electron chi connectivity index (χ1n) is 7.66. The van der Waals surface area contributed by atoms with Crippen molar-refractivity contribution in [2.45, 2.75) is 33.1 Å². The molecule has 1 heterocycles. The van der Waals surface area contributed by atoms with Crippen LogP contribution >= 0.6 is 0 Å². The maximum Gasteiger partial charge on any atom is 0.271 e. The number of aryl methyl sites for hydroxylation is 1. The van der Waals surface area contributed by atoms with Gasteiger partial charge in [-0.3, -0.25) is 9.78 Å². The van der Waals surface area contributed by atoms with Crippen LogP contribution in [0.5, 0.6) is 5.75 Å². The first-order valence-corrected chi connectivity index (χ1v) is 7.66. The predicted octanol–water partition coefficient (Wildman–Crippen LogP) is 2.89. The Morgan fingerprint density at radius 1 is 1.13 bits per heavy atom. The van der Waals surface area contributed by atoms with Gasteiger partial charge in [0.05, 0.1) is 18.4 Å². The fourth-order valence-corrected chi connectivity index (χ4v) is 1.99. The Labute approximate surface area is 137 Å². The van der Waals surface area contributed by atoms with Gasteiger partial charge in [-0.2, -0.15) is 0 Å². The van der Waals surface area contributed by atoms with Crippen LogP contribution in [0.15, 0.2) is 36.7 Å². The van der Waals surface area contributed by atoms with Crippen LogP contribution in [0.2, 0.25) is 0 Å². The van der Waals surface area contributed by atoms with Crippen molar-refractivity contribution in [3.63, 3.8) is 0 Å². The number of benzene rings is 1. The van der Waals surface area contributed by atoms with Gasteiger partial charge in [0.1, 0.15) is 18.1 Å². The van der Waals surface area contributed by atoms with Crippen LogP contribution in [0.3, 0.4) is 0 Å². The van der Waals surface area contributed by atoms with Crippen LogP contribution in [0, 0.1) is 6.92 Å². The van der Waals surface area contributed by atoms with Gasteiger partial charge in [0.2, 0.25) is 0 Å². The molecule has 0 unspecified atom stereocenters. The van der Waals surface area contributed by atoms with Gasteiger partial charge in [0.15, 0.2) is 0 Å². The number of carbonyl (C=O) groups is 1. The Hall–Kier alpha value is -2.43. The summed E-state index contributed by atoms with van der Waals surface area (Å²) in [4.78, 5) is 19.9. The third-order valence-electron chi connectivity index (χ3n) is 3.39. The molecule has 0 saturated heterocycles. The summed E-state index contributed by atoms with van der Waals surface area (Å²) in [5.41, 5.74) is 2.48. The van der Waals surface area contributed by atoms with Gasteiger partial charge in [0.25, 0.3) is 5.91 Å². The molecule has 2 aromatic rings. The molecule has 0 fully saturated rings. The first-order chi connectivity index (χ1) is 10.9. The Bertz CT molecular complexity index is 643. The highest BCUT2D eigenvalue weighted by Gasteiger charge is 2.13. The zero-order valence-electron chi connectivity index (χ0n) is 14.1. The van der Waals surface area contributed by atoms with Gasteiger partial charge in [-0.15, -0.1) is 0 Å². The van der Waals surface area contributed by atoms with E-state index in [4.69, 9.17) is 4.74 Å². The van der Waals surface area contributed by atoms with Crippen molar-refractivity contribution < 1.29 is 9.53 Å². The highest BCUT2D eigenvalue weighted by Crippen LogP contribution is 2.24. The molecule has 122 valence electrons. The number of amides is 1. The van der Waals surface area contributed by atoms with E-state index in [9.17, 15) is 4.79 Å². The van der Waals surface area contributed by atoms with Gasteiger partial charge in [-0.05, 0) is 30.0 Å². The van der Waals surface area contributed by atoms with E-state index in [1.165, 1.54) is 11.8 Å². The molecule has 0 atom stereocenters. The van der Waals surface area contributed by atoms with Gasteiger partial charge >= 0.3 is 0 Å². The van der Waals surface area contributed by atoms with Gasteiger partial charge < -0.3 is 10.1 Å². The molecular weight excluding hydrogens is 290 g/mol. The Balaban J connectivity index is 1.77. The summed E-state index contributed by atoms with van der Waals surface area (Å²) in [6.07, 6.45) is 3.04. The minimum atomic E-state index is -0.246. The molecule has 2 rings (SSSR count). The topological polar surface area (TPSA) is 64.1 Å². The van der Waals surface area contributed by atoms with E-state index in [1.54, 1.807) is 6.20 Å². The molecule has 5 heteroatoms. The fourth-order valence-electron chi connectivity index (χ4n) is 1.99. The second-order valence-electron chi connectivity index (χ2n) is 6.42. The van der Waals surface area contributed by atoms with E-state index >= 15 is 0 Å². The molecule has 0 bridgehead atoms. The van der Waals surface area contributed by atoms with Gasteiger partial charge in [0, 0.05) is 6.20 Å². The smallest absolute Gasteiger partial charge is 0.271 e. The molecule has 1 N–H and O–H groups in total. The van der Waals surface area contributed by atoms with Crippen LogP contribution in [0.4, 0.5) is 0 Å². The number of hydrogen-bond acceptors (Lipinski definition) is 4. The molecule has 23 heavy (non-hydrogen) atoms. The van der Waals surface area contributed by atoms with Gasteiger partial charge in [-0.25, -0.2) is 4.98 Å². The summed E-state index contributed by atoms with van der Waals surface area (Å²) in [7, 11) is 0. The lowest BCUT2D eigenvalue weighted by atomic mass is 9.87. The second-order valence-corrected chi connectivity index (χ2v) is 6.42. The van der Waals surface area contributed by atoms with E-state index in [1.807, 2.05) is 19.1 Å². The highest BCUT2D eigenvalue weighted by molar-refractivity contribution is 5.91. The van der Waals surface area contributed by atoms with Crippen molar-refractivity contribution in [2.24, 2.45) is 0 Å². The molecule has 0 spiro atoms. The van der Waals surface area contributed by atoms with Crippen LogP contribution in [0.25, 0.3) is 0 Å². The molecule has 5 nitrogen and oxygen atoms in total. The van der Waals surface area contributed by atoms with Crippen LogP contribution < -0.4 is 10.1 Å². The molecule has 1 aromatic heterocycles. The number of nitrogens with zero attached hydrogens (tertiary/aromatic N) is 2. The third-order valence-corrected chi connectivity index (χ3v) is 3.39. The average molecular weight is 313 g/mol. The lowest BCUT2D eigenvalue weighted by molar-refractivity contribution is 0.0941. The van der Waals surface area contributed by atoms with Crippen LogP contribution in [-0.4, -0.2) is 29.0 Å². The lowest BCUT2D eigenvalue weighted by Crippen LogP contribution is -2.28. The van der Waals surface area contributed by atoms with E-state index in [2.05, 4.69) is 48.2 Å². The minimum Gasteiger partial charge on any atom is -0.492 e. The van der Waals surface area contributed by atoms with Crippen molar-refractivity contribution in [1.29, 1.82) is 0 Å². The molecule has 0 saturated carbocycles. The Morgan fingerprint density at radius 2 is 1.83 bits per heavy atom. The van der Waals surface area contributed by atoms with E-state index in [0.29, 0.717) is 18.8 Å². The van der Waals surface area contributed by atoms with Crippen molar-refractivity contribution in [1.82, 2.24) is 15.3 Å². The number of carbonyl (C=O) groups excluding carboxylic acids is 1. The van der Waals surface area contributed by atoms with Crippen molar-refractivity contribution in [3.8, 4) is 5.75 Å². The zero-order valence-corrected chi connectivity index (χ0v) is 14.1. The lowest BCUT2D eigenvalue weighted by Gasteiger charge is -2.19. The summed E-state index contributed by atoms with van der Waals surface area (Å²) >= 11 is 0. The van der Waals surface area contributed by atoms with Crippen LogP contribution in [-0.2, 0) is 5.41 Å². The molecule has 0 aliphatic rings. The third kappa shape index (κ3) is 5.06. The fraction of sp³-hybridized carbons (Fsp3) is 0.389. The second kappa shape index (κ2) is 7.22. The molecule has 0 aliphatic carbocycles. The van der Waals surface area contributed by atoms with Gasteiger partial charge in [-0.1, -0.05) is 32.9 Å². The summed E-state index contributed by atoms with van der Waals surface area (Å²) in [6.45, 7) is 9.16. The summed E-state index contributed by atoms with van der Waals surface area (Å²) < 4.78 is 5.63. The summed E-state index contributed by atoms with van der Waals surface area (Å²) in [5, 5.41) is 2.76. The van der Waals surface area contributed by atoms with E-state index < -0.39 is 0 Å².